The Morgan fingerprint density at radius 3 is 2.37 bits per heavy atom. The van der Waals surface area contributed by atoms with E-state index in [0.717, 1.165) is 17.7 Å². The highest BCUT2D eigenvalue weighted by Gasteiger charge is 2.34. The predicted molar refractivity (Wildman–Crippen MR) is 137 cm³/mol. The summed E-state index contributed by atoms with van der Waals surface area (Å²) in [6, 6.07) is 13.7. The molecule has 0 unspecified atom stereocenters. The van der Waals surface area contributed by atoms with Crippen LogP contribution in [-0.4, -0.2) is 55.0 Å². The molecule has 188 valence electrons. The second kappa shape index (κ2) is 12.2. The number of nitrogens with zero attached hydrogens (tertiary/aromatic N) is 1. The van der Waals surface area contributed by atoms with Gasteiger partial charge in [0, 0.05) is 30.4 Å². The lowest BCUT2D eigenvalue weighted by molar-refractivity contribution is -0.125. The molecular weight excluding hydrogens is 444 g/mol. The Balaban J connectivity index is 1.66. The van der Waals surface area contributed by atoms with E-state index in [-0.39, 0.29) is 29.8 Å². The zero-order chi connectivity index (χ0) is 25.4. The molecule has 0 aliphatic carbocycles. The molecule has 2 aromatic rings. The van der Waals surface area contributed by atoms with Crippen LogP contribution >= 0.6 is 0 Å². The molecule has 1 fully saturated rings. The summed E-state index contributed by atoms with van der Waals surface area (Å²) in [7, 11) is 1.54. The van der Waals surface area contributed by atoms with Gasteiger partial charge in [-0.2, -0.15) is 0 Å². The van der Waals surface area contributed by atoms with Crippen molar-refractivity contribution in [3.05, 3.63) is 59.7 Å². The Bertz CT molecular complexity index is 1020. The van der Waals surface area contributed by atoms with Gasteiger partial charge >= 0.3 is 6.03 Å². The highest BCUT2D eigenvalue weighted by molar-refractivity contribution is 5.98. The van der Waals surface area contributed by atoms with Gasteiger partial charge in [0.25, 0.3) is 5.91 Å². The fourth-order valence-corrected chi connectivity index (χ4v) is 4.10. The number of hydrogen-bond acceptors (Lipinski definition) is 4. The molecule has 3 rings (SSSR count). The number of nitrogens with one attached hydrogen (secondary N) is 3. The molecule has 4 amide bonds. The first-order valence-corrected chi connectivity index (χ1v) is 12.2. The van der Waals surface area contributed by atoms with E-state index >= 15 is 0 Å². The van der Waals surface area contributed by atoms with E-state index in [1.165, 1.54) is 0 Å². The monoisotopic (exact) mass is 480 g/mol. The van der Waals surface area contributed by atoms with Crippen molar-refractivity contribution in [2.75, 3.05) is 25.5 Å². The fraction of sp³-hybridized carbons (Fsp3) is 0.444. The topological polar surface area (TPSA) is 99.8 Å². The van der Waals surface area contributed by atoms with Gasteiger partial charge in [-0.05, 0) is 69.4 Å². The molecule has 0 bridgehead atoms. The molecule has 2 aromatic carbocycles. The van der Waals surface area contributed by atoms with Gasteiger partial charge < -0.3 is 25.6 Å². The first-order valence-electron chi connectivity index (χ1n) is 12.2. The van der Waals surface area contributed by atoms with Crippen LogP contribution in [-0.2, 0) is 4.79 Å². The molecule has 3 N–H and O–H groups in total. The van der Waals surface area contributed by atoms with Gasteiger partial charge in [-0.25, -0.2) is 4.79 Å². The maximum atomic E-state index is 13.1. The van der Waals surface area contributed by atoms with Gasteiger partial charge in [0.2, 0.25) is 5.91 Å². The van der Waals surface area contributed by atoms with Crippen LogP contribution in [0.3, 0.4) is 0 Å². The quantitative estimate of drug-likeness (QED) is 0.532. The highest BCUT2D eigenvalue weighted by atomic mass is 16.5. The van der Waals surface area contributed by atoms with Gasteiger partial charge in [0.05, 0.1) is 7.11 Å². The molecule has 1 aliphatic rings. The number of carbonyl (C=O) groups is 3. The summed E-state index contributed by atoms with van der Waals surface area (Å²) in [6.45, 7) is 6.95. The Kier molecular flexibility index (Phi) is 9.11. The third-order valence-electron chi connectivity index (χ3n) is 6.50. The van der Waals surface area contributed by atoms with Gasteiger partial charge in [-0.1, -0.05) is 30.7 Å². The maximum absolute atomic E-state index is 13.1. The summed E-state index contributed by atoms with van der Waals surface area (Å²) < 4.78 is 5.22. The standard InChI is InChI=1S/C27H36N4O4/c1-5-19(3)28-26(33)24(30-25(32)21-7-6-8-23(17-21)35-4)20-13-15-31(16-14-20)27(34)29-22-11-9-18(2)10-12-22/h6-12,17,19-20,24H,5,13-16H2,1-4H3,(H,28,33)(H,29,34)(H,30,32)/t19-,24+/m1/s1. The van der Waals surface area contributed by atoms with Crippen molar-refractivity contribution in [3.63, 3.8) is 0 Å². The predicted octanol–water partition coefficient (Wildman–Crippen LogP) is 3.96. The lowest BCUT2D eigenvalue weighted by Gasteiger charge is -2.36. The second-order valence-corrected chi connectivity index (χ2v) is 9.12. The minimum Gasteiger partial charge on any atom is -0.497 e. The van der Waals surface area contributed by atoms with Crippen molar-refractivity contribution in [1.29, 1.82) is 0 Å². The first kappa shape index (κ1) is 26.1. The molecule has 0 spiro atoms. The number of amides is 4. The Hall–Kier alpha value is -3.55. The lowest BCUT2D eigenvalue weighted by Crippen LogP contribution is -2.55. The van der Waals surface area contributed by atoms with Crippen molar-refractivity contribution < 1.29 is 19.1 Å². The van der Waals surface area contributed by atoms with Crippen LogP contribution in [0.1, 0.15) is 49.0 Å². The fourth-order valence-electron chi connectivity index (χ4n) is 4.10. The molecule has 8 heteroatoms. The van der Waals surface area contributed by atoms with Crippen LogP contribution in [0.4, 0.5) is 10.5 Å². The normalized spacial score (nSPS) is 15.6. The molecule has 0 aromatic heterocycles. The molecule has 2 atom stereocenters. The Labute approximate surface area is 207 Å². The van der Waals surface area contributed by atoms with Crippen molar-refractivity contribution in [2.24, 2.45) is 5.92 Å². The van der Waals surface area contributed by atoms with Crippen molar-refractivity contribution >= 4 is 23.5 Å². The molecule has 35 heavy (non-hydrogen) atoms. The number of carbonyl (C=O) groups excluding carboxylic acids is 3. The molecule has 1 heterocycles. The van der Waals surface area contributed by atoms with E-state index in [2.05, 4.69) is 16.0 Å². The van der Waals surface area contributed by atoms with Crippen LogP contribution in [0, 0.1) is 12.8 Å². The highest BCUT2D eigenvalue weighted by Crippen LogP contribution is 2.23. The van der Waals surface area contributed by atoms with Crippen molar-refractivity contribution in [1.82, 2.24) is 15.5 Å². The van der Waals surface area contributed by atoms with E-state index < -0.39 is 6.04 Å². The van der Waals surface area contributed by atoms with Crippen molar-refractivity contribution in [2.45, 2.75) is 52.1 Å². The summed E-state index contributed by atoms with van der Waals surface area (Å²) in [5.41, 5.74) is 2.31. The molecule has 0 saturated carbocycles. The zero-order valence-corrected chi connectivity index (χ0v) is 21.0. The molecule has 1 saturated heterocycles. The number of aryl methyl sites for hydroxylation is 1. The summed E-state index contributed by atoms with van der Waals surface area (Å²) >= 11 is 0. The second-order valence-electron chi connectivity index (χ2n) is 9.12. The van der Waals surface area contributed by atoms with E-state index in [0.29, 0.717) is 37.2 Å². The number of likely N-dealkylation sites (tertiary alicyclic amines) is 1. The average molecular weight is 481 g/mol. The maximum Gasteiger partial charge on any atom is 0.321 e. The number of rotatable bonds is 8. The molecule has 1 aliphatic heterocycles. The summed E-state index contributed by atoms with van der Waals surface area (Å²) in [4.78, 5) is 40.6. The smallest absolute Gasteiger partial charge is 0.321 e. The number of hydrogen-bond donors (Lipinski definition) is 3. The number of benzene rings is 2. The third kappa shape index (κ3) is 7.21. The summed E-state index contributed by atoms with van der Waals surface area (Å²) in [5, 5.41) is 8.88. The van der Waals surface area contributed by atoms with E-state index in [1.807, 2.05) is 45.0 Å². The minimum atomic E-state index is -0.690. The number of anilines is 1. The molecular formula is C27H36N4O4. The van der Waals surface area contributed by atoms with E-state index in [1.54, 1.807) is 36.3 Å². The number of ether oxygens (including phenoxy) is 1. The number of urea groups is 1. The van der Waals surface area contributed by atoms with Gasteiger partial charge in [-0.3, -0.25) is 9.59 Å². The number of piperidine rings is 1. The molecule has 8 nitrogen and oxygen atoms in total. The Morgan fingerprint density at radius 1 is 1.06 bits per heavy atom. The van der Waals surface area contributed by atoms with Crippen LogP contribution in [0.25, 0.3) is 0 Å². The summed E-state index contributed by atoms with van der Waals surface area (Å²) in [5.74, 6) is -0.0332. The third-order valence-corrected chi connectivity index (χ3v) is 6.50. The minimum absolute atomic E-state index is 0.000836. The van der Waals surface area contributed by atoms with Gasteiger partial charge in [-0.15, -0.1) is 0 Å². The lowest BCUT2D eigenvalue weighted by atomic mass is 9.88. The van der Waals surface area contributed by atoms with E-state index in [4.69, 9.17) is 4.74 Å². The van der Waals surface area contributed by atoms with Crippen LogP contribution in [0.15, 0.2) is 48.5 Å². The molecule has 0 radical (unpaired) electrons. The summed E-state index contributed by atoms with van der Waals surface area (Å²) in [6.07, 6.45) is 2.01. The average Bonchev–Trinajstić information content (AvgIpc) is 2.88. The number of methoxy groups -OCH3 is 1. The Morgan fingerprint density at radius 2 is 1.74 bits per heavy atom. The van der Waals surface area contributed by atoms with E-state index in [9.17, 15) is 14.4 Å². The largest absolute Gasteiger partial charge is 0.497 e. The van der Waals surface area contributed by atoms with Crippen LogP contribution in [0.5, 0.6) is 5.75 Å². The van der Waals surface area contributed by atoms with Crippen LogP contribution < -0.4 is 20.7 Å². The van der Waals surface area contributed by atoms with Gasteiger partial charge in [0.1, 0.15) is 11.8 Å². The van der Waals surface area contributed by atoms with Gasteiger partial charge in [0.15, 0.2) is 0 Å². The first-order chi connectivity index (χ1) is 16.8. The zero-order valence-electron chi connectivity index (χ0n) is 21.0. The SMILES string of the molecule is CC[C@@H](C)NC(=O)[C@@H](NC(=O)c1cccc(OC)c1)C1CCN(C(=O)Nc2ccc(C)cc2)CC1. The van der Waals surface area contributed by atoms with Crippen molar-refractivity contribution in [3.8, 4) is 5.75 Å². The van der Waals surface area contributed by atoms with Crippen LogP contribution in [0.2, 0.25) is 0 Å².